The van der Waals surface area contributed by atoms with E-state index >= 15 is 0 Å². The van der Waals surface area contributed by atoms with Crippen LogP contribution in [0.5, 0.6) is 0 Å². The first-order chi connectivity index (χ1) is 16.2. The summed E-state index contributed by atoms with van der Waals surface area (Å²) in [5, 5.41) is 0. The number of hydrazine groups is 1. The third-order valence-corrected chi connectivity index (χ3v) is 5.55. The van der Waals surface area contributed by atoms with Crippen LogP contribution in [0.4, 0.5) is 23.7 Å². The summed E-state index contributed by atoms with van der Waals surface area (Å²) in [6.07, 6.45) is -3.30. The van der Waals surface area contributed by atoms with Crippen LogP contribution >= 0.6 is 0 Å². The smallest absolute Gasteiger partial charge is 0.322 e. The van der Waals surface area contributed by atoms with Gasteiger partial charge < -0.3 is 9.80 Å². The number of rotatable bonds is 5. The topological polar surface area (TPSA) is 85.0 Å². The number of amides is 4. The molecule has 0 bridgehead atoms. The Hall–Kier alpha value is -3.60. The fourth-order valence-electron chi connectivity index (χ4n) is 3.52. The molecule has 0 saturated carbocycles. The molecule has 1 aliphatic heterocycles. The molecule has 0 aliphatic carbocycles. The van der Waals surface area contributed by atoms with Crippen molar-refractivity contribution in [3.05, 3.63) is 65.0 Å². The van der Waals surface area contributed by atoms with Gasteiger partial charge in [0.15, 0.2) is 0 Å². The van der Waals surface area contributed by atoms with E-state index in [0.29, 0.717) is 18.8 Å². The molecule has 4 amide bonds. The zero-order valence-corrected chi connectivity index (χ0v) is 18.9. The fourth-order valence-corrected chi connectivity index (χ4v) is 3.52. The van der Waals surface area contributed by atoms with Crippen molar-refractivity contribution in [2.45, 2.75) is 19.9 Å². The van der Waals surface area contributed by atoms with Crippen LogP contribution in [0.15, 0.2) is 42.5 Å². The van der Waals surface area contributed by atoms with Gasteiger partial charge in [0.25, 0.3) is 5.91 Å². The van der Waals surface area contributed by atoms with Gasteiger partial charge in [-0.1, -0.05) is 24.3 Å². The summed E-state index contributed by atoms with van der Waals surface area (Å²) in [5.41, 5.74) is 4.83. The summed E-state index contributed by atoms with van der Waals surface area (Å²) in [5.74, 6) is -3.39. The van der Waals surface area contributed by atoms with Crippen LogP contribution in [-0.4, -0.2) is 67.3 Å². The maximum atomic E-state index is 14.9. The maximum Gasteiger partial charge on any atom is 0.324 e. The number of likely N-dealkylation sites (N-methyl/N-ethyl adjacent to an activating group) is 1. The van der Waals surface area contributed by atoms with Gasteiger partial charge in [-0.2, -0.15) is 8.78 Å². The standard InChI is InChI=1S/C23H26F3N5O3/c1-15-5-3-4-6-19(15)31(23(34)30-11-9-29(2)10-12-30)14-17-8-7-16(13-18(17)24)21(32)27-28-22(33)20(25)26/h3-8,13,20H,9-12,14H2,1-2H3,(H,27,32)(H,28,33). The van der Waals surface area contributed by atoms with Gasteiger partial charge in [-0.05, 0) is 37.7 Å². The molecule has 1 fully saturated rings. The molecule has 1 heterocycles. The van der Waals surface area contributed by atoms with Gasteiger partial charge in [0.2, 0.25) is 0 Å². The number of carbonyl (C=O) groups excluding carboxylic acids is 3. The van der Waals surface area contributed by atoms with Crippen molar-refractivity contribution in [3.8, 4) is 0 Å². The summed E-state index contributed by atoms with van der Waals surface area (Å²) >= 11 is 0. The summed E-state index contributed by atoms with van der Waals surface area (Å²) in [6.45, 7) is 4.33. The highest BCUT2D eigenvalue weighted by molar-refractivity contribution is 5.96. The SMILES string of the molecule is Cc1ccccc1N(Cc1ccc(C(=O)NNC(=O)C(F)F)cc1F)C(=O)N1CCN(C)CC1. The number of hydrogen-bond donors (Lipinski definition) is 2. The van der Waals surface area contributed by atoms with Crippen molar-refractivity contribution in [2.24, 2.45) is 0 Å². The van der Waals surface area contributed by atoms with Crippen LogP contribution in [0.3, 0.4) is 0 Å². The van der Waals surface area contributed by atoms with Crippen LogP contribution < -0.4 is 15.8 Å². The van der Waals surface area contributed by atoms with Crippen molar-refractivity contribution in [2.75, 3.05) is 38.1 Å². The maximum absolute atomic E-state index is 14.9. The number of piperazine rings is 1. The van der Waals surface area contributed by atoms with E-state index in [2.05, 4.69) is 4.90 Å². The Labute approximate surface area is 195 Å². The lowest BCUT2D eigenvalue weighted by molar-refractivity contribution is -0.132. The molecule has 2 aromatic rings. The number of hydrogen-bond acceptors (Lipinski definition) is 4. The molecule has 1 aliphatic rings. The van der Waals surface area contributed by atoms with Gasteiger partial charge in [-0.25, -0.2) is 9.18 Å². The second kappa shape index (κ2) is 11.0. The Kier molecular flexibility index (Phi) is 8.11. The Balaban J connectivity index is 1.81. The molecular weight excluding hydrogens is 451 g/mol. The van der Waals surface area contributed by atoms with Gasteiger partial charge in [0, 0.05) is 43.0 Å². The van der Waals surface area contributed by atoms with Gasteiger partial charge in [-0.15, -0.1) is 0 Å². The molecule has 0 aromatic heterocycles. The molecule has 0 atom stereocenters. The zero-order chi connectivity index (χ0) is 24.8. The Morgan fingerprint density at radius 3 is 2.32 bits per heavy atom. The molecule has 0 radical (unpaired) electrons. The molecular formula is C23H26F3N5O3. The van der Waals surface area contributed by atoms with Crippen molar-refractivity contribution in [1.29, 1.82) is 0 Å². The number of nitrogens with zero attached hydrogens (tertiary/aromatic N) is 3. The summed E-state index contributed by atoms with van der Waals surface area (Å²) in [4.78, 5) is 41.7. The summed E-state index contributed by atoms with van der Waals surface area (Å²) < 4.78 is 39.4. The number of para-hydroxylation sites is 1. The minimum Gasteiger partial charge on any atom is -0.322 e. The highest BCUT2D eigenvalue weighted by atomic mass is 19.3. The minimum absolute atomic E-state index is 0.0775. The number of urea groups is 1. The van der Waals surface area contributed by atoms with E-state index in [9.17, 15) is 27.6 Å². The minimum atomic E-state index is -3.30. The van der Waals surface area contributed by atoms with Crippen LogP contribution in [0, 0.1) is 12.7 Å². The van der Waals surface area contributed by atoms with E-state index < -0.39 is 24.1 Å². The largest absolute Gasteiger partial charge is 0.324 e. The van der Waals surface area contributed by atoms with Gasteiger partial charge >= 0.3 is 18.4 Å². The average molecular weight is 477 g/mol. The number of anilines is 1. The zero-order valence-electron chi connectivity index (χ0n) is 18.9. The van der Waals surface area contributed by atoms with E-state index in [0.717, 1.165) is 24.7 Å². The Bertz CT molecular complexity index is 1060. The van der Waals surface area contributed by atoms with Gasteiger partial charge in [0.05, 0.1) is 6.54 Å². The molecule has 3 rings (SSSR count). The quantitative estimate of drug-likeness (QED) is 0.649. The normalized spacial score (nSPS) is 14.1. The van der Waals surface area contributed by atoms with E-state index in [1.54, 1.807) is 27.9 Å². The fraction of sp³-hybridized carbons (Fsp3) is 0.348. The first-order valence-electron chi connectivity index (χ1n) is 10.6. The molecule has 8 nitrogen and oxygen atoms in total. The molecule has 2 aromatic carbocycles. The second-order valence-corrected chi connectivity index (χ2v) is 8.00. The number of nitrogens with one attached hydrogen (secondary N) is 2. The molecule has 182 valence electrons. The number of benzene rings is 2. The van der Waals surface area contributed by atoms with E-state index in [1.165, 1.54) is 17.0 Å². The lowest BCUT2D eigenvalue weighted by atomic mass is 10.1. The van der Waals surface area contributed by atoms with Crippen LogP contribution in [0.1, 0.15) is 21.5 Å². The first kappa shape index (κ1) is 25.0. The summed E-state index contributed by atoms with van der Waals surface area (Å²) in [7, 11) is 1.98. The van der Waals surface area contributed by atoms with Crippen molar-refractivity contribution >= 4 is 23.5 Å². The third-order valence-electron chi connectivity index (χ3n) is 5.55. The number of halogens is 3. The number of carbonyl (C=O) groups is 3. The predicted molar refractivity (Wildman–Crippen MR) is 120 cm³/mol. The van der Waals surface area contributed by atoms with E-state index in [4.69, 9.17) is 0 Å². The average Bonchev–Trinajstić information content (AvgIpc) is 2.82. The van der Waals surface area contributed by atoms with Crippen molar-refractivity contribution < 1.29 is 27.6 Å². The monoisotopic (exact) mass is 477 g/mol. The molecule has 0 unspecified atom stereocenters. The van der Waals surface area contributed by atoms with Crippen LogP contribution in [0.25, 0.3) is 0 Å². The van der Waals surface area contributed by atoms with Crippen molar-refractivity contribution in [1.82, 2.24) is 20.7 Å². The second-order valence-electron chi connectivity index (χ2n) is 8.00. The van der Waals surface area contributed by atoms with Gasteiger partial charge in [-0.3, -0.25) is 25.3 Å². The van der Waals surface area contributed by atoms with Crippen LogP contribution in [0.2, 0.25) is 0 Å². The molecule has 0 spiro atoms. The molecule has 34 heavy (non-hydrogen) atoms. The van der Waals surface area contributed by atoms with E-state index in [1.807, 2.05) is 26.1 Å². The number of alkyl halides is 2. The molecule has 2 N–H and O–H groups in total. The number of aryl methyl sites for hydroxylation is 1. The lowest BCUT2D eigenvalue weighted by Crippen LogP contribution is -2.52. The Morgan fingerprint density at radius 2 is 1.71 bits per heavy atom. The van der Waals surface area contributed by atoms with Crippen molar-refractivity contribution in [3.63, 3.8) is 0 Å². The predicted octanol–water partition coefficient (Wildman–Crippen LogP) is 2.53. The Morgan fingerprint density at radius 1 is 1.03 bits per heavy atom. The molecule has 11 heteroatoms. The van der Waals surface area contributed by atoms with Gasteiger partial charge in [0.1, 0.15) is 5.82 Å². The highest BCUT2D eigenvalue weighted by Crippen LogP contribution is 2.25. The lowest BCUT2D eigenvalue weighted by Gasteiger charge is -2.36. The highest BCUT2D eigenvalue weighted by Gasteiger charge is 2.27. The molecule has 1 saturated heterocycles. The van der Waals surface area contributed by atoms with Crippen LogP contribution in [-0.2, 0) is 11.3 Å². The first-order valence-corrected chi connectivity index (χ1v) is 10.6. The third kappa shape index (κ3) is 6.04. The summed E-state index contributed by atoms with van der Waals surface area (Å²) in [6, 6.07) is 10.6. The van der Waals surface area contributed by atoms with E-state index in [-0.39, 0.29) is 23.7 Å².